The first-order valence-electron chi connectivity index (χ1n) is 4.79. The summed E-state index contributed by atoms with van der Waals surface area (Å²) in [5.41, 5.74) is 16.7. The molecule has 0 atom stereocenters. The molecule has 0 radical (unpaired) electrons. The summed E-state index contributed by atoms with van der Waals surface area (Å²) >= 11 is 0. The first kappa shape index (κ1) is 10.6. The summed E-state index contributed by atoms with van der Waals surface area (Å²) < 4.78 is 0. The van der Waals surface area contributed by atoms with Crippen LogP contribution in [-0.4, -0.2) is 0 Å². The van der Waals surface area contributed by atoms with E-state index in [1.165, 1.54) is 5.57 Å². The molecule has 4 N–H and O–H groups in total. The third-order valence-corrected chi connectivity index (χ3v) is 2.38. The number of rotatable bonds is 2. The first-order chi connectivity index (χ1) is 6.52. The lowest BCUT2D eigenvalue weighted by molar-refractivity contribution is 1.21. The average molecular weight is 190 g/mol. The van der Waals surface area contributed by atoms with E-state index in [1.807, 2.05) is 19.1 Å². The van der Waals surface area contributed by atoms with Crippen molar-refractivity contribution in [2.75, 3.05) is 11.5 Å². The van der Waals surface area contributed by atoms with Gasteiger partial charge in [0.05, 0.1) is 0 Å². The van der Waals surface area contributed by atoms with Crippen LogP contribution in [0.25, 0.3) is 0 Å². The van der Waals surface area contributed by atoms with E-state index in [0.29, 0.717) is 0 Å². The maximum atomic E-state index is 5.96. The predicted octanol–water partition coefficient (Wildman–Crippen LogP) is 2.67. The third kappa shape index (κ3) is 2.28. The molecule has 0 aliphatic rings. The van der Waals surface area contributed by atoms with Crippen molar-refractivity contribution >= 4 is 11.4 Å². The summed E-state index contributed by atoms with van der Waals surface area (Å²) in [6.45, 7) is 6.12. The highest BCUT2D eigenvalue weighted by molar-refractivity contribution is 5.64. The molecular formula is C12H18N2. The second-order valence-electron chi connectivity index (χ2n) is 3.84. The molecule has 0 fully saturated rings. The Balaban J connectivity index is 3.00. The SMILES string of the molecule is CC(C)=CCc1ccc(N)c(C)c1N. The Kier molecular flexibility index (Phi) is 3.18. The van der Waals surface area contributed by atoms with Crippen LogP contribution in [0, 0.1) is 6.92 Å². The number of anilines is 2. The molecule has 0 saturated carbocycles. The molecule has 76 valence electrons. The monoisotopic (exact) mass is 190 g/mol. The summed E-state index contributed by atoms with van der Waals surface area (Å²) in [4.78, 5) is 0. The summed E-state index contributed by atoms with van der Waals surface area (Å²) in [5.74, 6) is 0. The molecule has 0 heterocycles. The summed E-state index contributed by atoms with van der Waals surface area (Å²) in [6, 6.07) is 3.91. The maximum Gasteiger partial charge on any atom is 0.0400 e. The predicted molar refractivity (Wildman–Crippen MR) is 63.1 cm³/mol. The van der Waals surface area contributed by atoms with Crippen LogP contribution in [0.3, 0.4) is 0 Å². The van der Waals surface area contributed by atoms with E-state index in [-0.39, 0.29) is 0 Å². The molecule has 0 aromatic heterocycles. The zero-order chi connectivity index (χ0) is 10.7. The van der Waals surface area contributed by atoms with Gasteiger partial charge < -0.3 is 11.5 Å². The summed E-state index contributed by atoms with van der Waals surface area (Å²) in [6.07, 6.45) is 3.05. The van der Waals surface area contributed by atoms with Crippen LogP contribution in [0.4, 0.5) is 11.4 Å². The van der Waals surface area contributed by atoms with Crippen LogP contribution >= 0.6 is 0 Å². The molecule has 1 aromatic rings. The van der Waals surface area contributed by atoms with Gasteiger partial charge in [-0.05, 0) is 44.4 Å². The van der Waals surface area contributed by atoms with E-state index < -0.39 is 0 Å². The Hall–Kier alpha value is -1.44. The van der Waals surface area contributed by atoms with Gasteiger partial charge in [0.2, 0.25) is 0 Å². The van der Waals surface area contributed by atoms with Crippen LogP contribution in [0.15, 0.2) is 23.8 Å². The Labute approximate surface area is 85.6 Å². The minimum atomic E-state index is 0.767. The molecule has 0 saturated heterocycles. The zero-order valence-electron chi connectivity index (χ0n) is 9.09. The van der Waals surface area contributed by atoms with Gasteiger partial charge in [0, 0.05) is 11.4 Å². The fourth-order valence-corrected chi connectivity index (χ4v) is 1.29. The van der Waals surface area contributed by atoms with E-state index in [2.05, 4.69) is 19.9 Å². The van der Waals surface area contributed by atoms with Gasteiger partial charge in [-0.15, -0.1) is 0 Å². The molecule has 0 amide bonds. The van der Waals surface area contributed by atoms with Crippen molar-refractivity contribution in [3.63, 3.8) is 0 Å². The maximum absolute atomic E-state index is 5.96. The second kappa shape index (κ2) is 4.18. The Morgan fingerprint density at radius 3 is 2.50 bits per heavy atom. The Morgan fingerprint density at radius 1 is 1.29 bits per heavy atom. The molecule has 0 aliphatic carbocycles. The molecule has 1 rings (SSSR count). The Bertz CT molecular complexity index is 361. The van der Waals surface area contributed by atoms with Crippen molar-refractivity contribution in [2.45, 2.75) is 27.2 Å². The lowest BCUT2D eigenvalue weighted by Gasteiger charge is -2.09. The summed E-state index contributed by atoms with van der Waals surface area (Å²) in [5, 5.41) is 0. The quantitative estimate of drug-likeness (QED) is 0.556. The van der Waals surface area contributed by atoms with Crippen molar-refractivity contribution < 1.29 is 0 Å². The molecule has 1 aromatic carbocycles. The number of allylic oxidation sites excluding steroid dienone is 2. The van der Waals surface area contributed by atoms with E-state index in [9.17, 15) is 0 Å². The van der Waals surface area contributed by atoms with E-state index in [1.54, 1.807) is 0 Å². The molecule has 0 unspecified atom stereocenters. The number of hydrogen-bond donors (Lipinski definition) is 2. The number of hydrogen-bond acceptors (Lipinski definition) is 2. The summed E-state index contributed by atoms with van der Waals surface area (Å²) in [7, 11) is 0. The van der Waals surface area contributed by atoms with Gasteiger partial charge in [0.25, 0.3) is 0 Å². The van der Waals surface area contributed by atoms with Gasteiger partial charge in [0.15, 0.2) is 0 Å². The molecule has 0 spiro atoms. The lowest BCUT2D eigenvalue weighted by Crippen LogP contribution is -2.00. The fourth-order valence-electron chi connectivity index (χ4n) is 1.29. The molecule has 2 heteroatoms. The number of nitrogens with two attached hydrogens (primary N) is 2. The van der Waals surface area contributed by atoms with Crippen LogP contribution in [-0.2, 0) is 6.42 Å². The van der Waals surface area contributed by atoms with E-state index in [4.69, 9.17) is 11.5 Å². The van der Waals surface area contributed by atoms with E-state index in [0.717, 1.165) is 28.9 Å². The Morgan fingerprint density at radius 2 is 1.93 bits per heavy atom. The van der Waals surface area contributed by atoms with Crippen LogP contribution in [0.2, 0.25) is 0 Å². The van der Waals surface area contributed by atoms with Crippen molar-refractivity contribution in [1.82, 2.24) is 0 Å². The van der Waals surface area contributed by atoms with Crippen LogP contribution < -0.4 is 11.5 Å². The van der Waals surface area contributed by atoms with Gasteiger partial charge in [-0.25, -0.2) is 0 Å². The molecule has 14 heavy (non-hydrogen) atoms. The minimum Gasteiger partial charge on any atom is -0.398 e. The number of nitrogen functional groups attached to an aromatic ring is 2. The van der Waals surface area contributed by atoms with E-state index >= 15 is 0 Å². The van der Waals surface area contributed by atoms with Crippen LogP contribution in [0.1, 0.15) is 25.0 Å². The highest BCUT2D eigenvalue weighted by atomic mass is 14.6. The van der Waals surface area contributed by atoms with Crippen LogP contribution in [0.5, 0.6) is 0 Å². The average Bonchev–Trinajstić information content (AvgIpc) is 2.13. The highest BCUT2D eigenvalue weighted by Crippen LogP contribution is 2.23. The molecule has 0 aliphatic heterocycles. The van der Waals surface area contributed by atoms with Crippen molar-refractivity contribution in [2.24, 2.45) is 0 Å². The normalized spacial score (nSPS) is 9.93. The van der Waals surface area contributed by atoms with Gasteiger partial charge >= 0.3 is 0 Å². The fraction of sp³-hybridized carbons (Fsp3) is 0.333. The van der Waals surface area contributed by atoms with Gasteiger partial charge in [-0.2, -0.15) is 0 Å². The third-order valence-electron chi connectivity index (χ3n) is 2.38. The molecule has 0 bridgehead atoms. The second-order valence-corrected chi connectivity index (χ2v) is 3.84. The largest absolute Gasteiger partial charge is 0.398 e. The standard InChI is InChI=1S/C12H18N2/c1-8(2)4-5-10-6-7-11(13)9(3)12(10)14/h4,6-7H,5,13-14H2,1-3H3. The first-order valence-corrected chi connectivity index (χ1v) is 4.79. The topological polar surface area (TPSA) is 52.0 Å². The van der Waals surface area contributed by atoms with Crippen molar-refractivity contribution in [3.8, 4) is 0 Å². The smallest absolute Gasteiger partial charge is 0.0400 e. The van der Waals surface area contributed by atoms with Gasteiger partial charge in [0.1, 0.15) is 0 Å². The van der Waals surface area contributed by atoms with Gasteiger partial charge in [-0.3, -0.25) is 0 Å². The van der Waals surface area contributed by atoms with Crippen molar-refractivity contribution in [3.05, 3.63) is 34.9 Å². The number of benzene rings is 1. The van der Waals surface area contributed by atoms with Gasteiger partial charge in [-0.1, -0.05) is 17.7 Å². The molecular weight excluding hydrogens is 172 g/mol. The highest BCUT2D eigenvalue weighted by Gasteiger charge is 2.03. The molecule has 2 nitrogen and oxygen atoms in total. The van der Waals surface area contributed by atoms with Crippen molar-refractivity contribution in [1.29, 1.82) is 0 Å². The minimum absolute atomic E-state index is 0.767. The lowest BCUT2D eigenvalue weighted by atomic mass is 10.0. The zero-order valence-corrected chi connectivity index (χ0v) is 9.09.